The fourth-order valence-electron chi connectivity index (χ4n) is 3.70. The minimum absolute atomic E-state index is 0.108. The molecule has 0 spiro atoms. The van der Waals surface area contributed by atoms with Crippen LogP contribution in [0.3, 0.4) is 0 Å². The number of carbonyl (C=O) groups is 1. The summed E-state index contributed by atoms with van der Waals surface area (Å²) in [6, 6.07) is 3.61. The molecule has 0 aromatic carbocycles. The van der Waals surface area contributed by atoms with Crippen LogP contribution in [0.2, 0.25) is 0 Å². The fraction of sp³-hybridized carbons (Fsp3) is 0.579. The molecule has 28 heavy (non-hydrogen) atoms. The van der Waals surface area contributed by atoms with Gasteiger partial charge in [-0.25, -0.2) is 9.97 Å². The van der Waals surface area contributed by atoms with Gasteiger partial charge in [0.1, 0.15) is 23.5 Å². The Morgan fingerprint density at radius 1 is 1.04 bits per heavy atom. The number of aryl methyl sites for hydroxylation is 1. The van der Waals surface area contributed by atoms with Gasteiger partial charge in [-0.3, -0.25) is 9.48 Å². The third-order valence-electron chi connectivity index (χ3n) is 5.34. The number of nitrogens with zero attached hydrogens (tertiary/aromatic N) is 7. The molecular weight excluding hydrogens is 358 g/mol. The van der Waals surface area contributed by atoms with Crippen LogP contribution in [0.5, 0.6) is 0 Å². The second kappa shape index (κ2) is 8.14. The summed E-state index contributed by atoms with van der Waals surface area (Å²) in [6.07, 6.45) is 3.53. The van der Waals surface area contributed by atoms with Crippen LogP contribution in [-0.4, -0.2) is 83.0 Å². The van der Waals surface area contributed by atoms with E-state index in [2.05, 4.69) is 30.9 Å². The number of carbonyl (C=O) groups excluding carboxylic acids is 1. The Bertz CT molecular complexity index is 797. The van der Waals surface area contributed by atoms with E-state index in [9.17, 15) is 4.79 Å². The average molecular weight is 385 g/mol. The smallest absolute Gasteiger partial charge is 0.247 e. The Morgan fingerprint density at radius 3 is 2.29 bits per heavy atom. The largest absolute Gasteiger partial charge is 0.378 e. The second-order valence-corrected chi connectivity index (χ2v) is 7.21. The van der Waals surface area contributed by atoms with Gasteiger partial charge < -0.3 is 19.4 Å². The van der Waals surface area contributed by atoms with Crippen molar-refractivity contribution in [2.75, 3.05) is 62.3 Å². The molecule has 0 N–H and O–H groups in total. The lowest BCUT2D eigenvalue weighted by molar-refractivity contribution is -0.134. The first-order chi connectivity index (χ1) is 13.6. The van der Waals surface area contributed by atoms with Gasteiger partial charge in [0.15, 0.2) is 0 Å². The molecule has 2 aromatic heterocycles. The van der Waals surface area contributed by atoms with E-state index in [1.165, 1.54) is 0 Å². The molecular formula is C19H27N7O2. The van der Waals surface area contributed by atoms with E-state index < -0.39 is 0 Å². The molecule has 150 valence electrons. The molecule has 2 fully saturated rings. The van der Waals surface area contributed by atoms with Gasteiger partial charge in [0.05, 0.1) is 13.2 Å². The van der Waals surface area contributed by atoms with Crippen LogP contribution in [-0.2, 0) is 9.53 Å². The molecule has 1 atom stereocenters. The number of amides is 1. The van der Waals surface area contributed by atoms with E-state index in [0.717, 1.165) is 56.9 Å². The Kier molecular flexibility index (Phi) is 5.43. The highest BCUT2D eigenvalue weighted by atomic mass is 16.5. The molecule has 2 aliphatic rings. The summed E-state index contributed by atoms with van der Waals surface area (Å²) < 4.78 is 7.14. The van der Waals surface area contributed by atoms with Gasteiger partial charge in [-0.2, -0.15) is 5.10 Å². The van der Waals surface area contributed by atoms with Crippen LogP contribution >= 0.6 is 0 Å². The molecule has 0 radical (unpaired) electrons. The highest BCUT2D eigenvalue weighted by Gasteiger charge is 2.27. The molecule has 2 aromatic rings. The van der Waals surface area contributed by atoms with Crippen LogP contribution in [0.25, 0.3) is 0 Å². The molecule has 4 heterocycles. The summed E-state index contributed by atoms with van der Waals surface area (Å²) in [5.41, 5.74) is 0. The monoisotopic (exact) mass is 385 g/mol. The molecule has 9 heteroatoms. The van der Waals surface area contributed by atoms with Gasteiger partial charge in [0, 0.05) is 57.7 Å². The summed E-state index contributed by atoms with van der Waals surface area (Å²) in [5, 5.41) is 4.19. The van der Waals surface area contributed by atoms with Crippen molar-refractivity contribution < 1.29 is 9.53 Å². The van der Waals surface area contributed by atoms with Crippen molar-refractivity contribution in [2.24, 2.45) is 0 Å². The Labute approximate surface area is 164 Å². The van der Waals surface area contributed by atoms with Crippen molar-refractivity contribution in [3.63, 3.8) is 0 Å². The zero-order chi connectivity index (χ0) is 19.5. The summed E-state index contributed by atoms with van der Waals surface area (Å²) >= 11 is 0. The van der Waals surface area contributed by atoms with Gasteiger partial charge in [0.2, 0.25) is 5.91 Å². The van der Waals surface area contributed by atoms with Crippen molar-refractivity contribution in [1.82, 2.24) is 24.6 Å². The number of piperazine rings is 1. The van der Waals surface area contributed by atoms with Crippen molar-refractivity contribution in [3.8, 4) is 0 Å². The van der Waals surface area contributed by atoms with Crippen LogP contribution in [0.15, 0.2) is 24.5 Å². The molecule has 0 bridgehead atoms. The SMILES string of the molecule is Cc1nc(N2CCOCC2)cc(N2CCN(C(=O)C(C)n3cccn3)CC2)n1. The summed E-state index contributed by atoms with van der Waals surface area (Å²) in [4.78, 5) is 28.4. The molecule has 1 amide bonds. The number of morpholine rings is 1. The molecule has 4 rings (SSSR count). The molecule has 0 saturated carbocycles. The quantitative estimate of drug-likeness (QED) is 0.767. The second-order valence-electron chi connectivity index (χ2n) is 7.21. The number of ether oxygens (including phenoxy) is 1. The number of rotatable bonds is 4. The van der Waals surface area contributed by atoms with Gasteiger partial charge >= 0.3 is 0 Å². The number of hydrogen-bond donors (Lipinski definition) is 0. The minimum Gasteiger partial charge on any atom is -0.378 e. The van der Waals surface area contributed by atoms with Crippen LogP contribution in [0.1, 0.15) is 18.8 Å². The molecule has 9 nitrogen and oxygen atoms in total. The zero-order valence-electron chi connectivity index (χ0n) is 16.5. The lowest BCUT2D eigenvalue weighted by Gasteiger charge is -2.37. The lowest BCUT2D eigenvalue weighted by Crippen LogP contribution is -2.50. The van der Waals surface area contributed by atoms with Crippen molar-refractivity contribution >= 4 is 17.5 Å². The Balaban J connectivity index is 1.41. The summed E-state index contributed by atoms with van der Waals surface area (Å²) in [7, 11) is 0. The third kappa shape index (κ3) is 3.94. The summed E-state index contributed by atoms with van der Waals surface area (Å²) in [5.74, 6) is 2.76. The van der Waals surface area contributed by atoms with E-state index in [-0.39, 0.29) is 11.9 Å². The van der Waals surface area contributed by atoms with Crippen LogP contribution in [0, 0.1) is 6.92 Å². The standard InChI is InChI=1S/C19H27N7O2/c1-15(26-5-3-4-20-26)19(27)25-8-6-23(7-9-25)17-14-18(22-16(2)21-17)24-10-12-28-13-11-24/h3-5,14-15H,6-13H2,1-2H3. The van der Waals surface area contributed by atoms with Crippen molar-refractivity contribution in [3.05, 3.63) is 30.4 Å². The minimum atomic E-state index is -0.282. The first-order valence-electron chi connectivity index (χ1n) is 9.83. The Morgan fingerprint density at radius 2 is 1.68 bits per heavy atom. The van der Waals surface area contributed by atoms with Gasteiger partial charge in [-0.1, -0.05) is 0 Å². The average Bonchev–Trinajstić information content (AvgIpc) is 3.28. The molecule has 1 unspecified atom stereocenters. The topological polar surface area (TPSA) is 79.6 Å². The van der Waals surface area contributed by atoms with E-state index in [1.54, 1.807) is 10.9 Å². The predicted octanol–water partition coefficient (Wildman–Crippen LogP) is 0.728. The number of anilines is 2. The molecule has 0 aliphatic carbocycles. The van der Waals surface area contributed by atoms with E-state index >= 15 is 0 Å². The highest BCUT2D eigenvalue weighted by molar-refractivity contribution is 5.80. The van der Waals surface area contributed by atoms with E-state index in [1.807, 2.05) is 31.0 Å². The van der Waals surface area contributed by atoms with Gasteiger partial charge in [0.25, 0.3) is 0 Å². The van der Waals surface area contributed by atoms with Gasteiger partial charge in [-0.05, 0) is 19.9 Å². The first kappa shape index (κ1) is 18.7. The maximum atomic E-state index is 12.8. The highest BCUT2D eigenvalue weighted by Crippen LogP contribution is 2.22. The first-order valence-corrected chi connectivity index (χ1v) is 9.83. The third-order valence-corrected chi connectivity index (χ3v) is 5.34. The maximum absolute atomic E-state index is 12.8. The van der Waals surface area contributed by atoms with E-state index in [4.69, 9.17) is 4.74 Å². The Hall–Kier alpha value is -2.68. The number of aromatic nitrogens is 4. The molecule has 2 aliphatic heterocycles. The normalized spacial score (nSPS) is 19.0. The van der Waals surface area contributed by atoms with Crippen LogP contribution in [0.4, 0.5) is 11.6 Å². The summed E-state index contributed by atoms with van der Waals surface area (Å²) in [6.45, 7) is 9.87. The zero-order valence-corrected chi connectivity index (χ0v) is 16.5. The predicted molar refractivity (Wildman–Crippen MR) is 106 cm³/mol. The molecule has 2 saturated heterocycles. The lowest BCUT2D eigenvalue weighted by atomic mass is 10.2. The maximum Gasteiger partial charge on any atom is 0.247 e. The fourth-order valence-corrected chi connectivity index (χ4v) is 3.70. The van der Waals surface area contributed by atoms with Gasteiger partial charge in [-0.15, -0.1) is 0 Å². The van der Waals surface area contributed by atoms with E-state index in [0.29, 0.717) is 13.1 Å². The van der Waals surface area contributed by atoms with Crippen molar-refractivity contribution in [2.45, 2.75) is 19.9 Å². The van der Waals surface area contributed by atoms with Crippen LogP contribution < -0.4 is 9.80 Å². The van der Waals surface area contributed by atoms with Crippen molar-refractivity contribution in [1.29, 1.82) is 0 Å². The number of hydrogen-bond acceptors (Lipinski definition) is 7.